The fraction of sp³-hybridized carbons (Fsp3) is 0.360. The Balaban J connectivity index is 1.54. The molecule has 0 bridgehead atoms. The lowest BCUT2D eigenvalue weighted by Gasteiger charge is -2.20. The number of sulfonamides is 1. The average molecular weight is 486 g/mol. The van der Waals surface area contributed by atoms with Crippen LogP contribution >= 0.6 is 11.3 Å². The van der Waals surface area contributed by atoms with Gasteiger partial charge in [0.15, 0.2) is 11.5 Å². The van der Waals surface area contributed by atoms with E-state index in [9.17, 15) is 8.42 Å². The van der Waals surface area contributed by atoms with Gasteiger partial charge in [0.1, 0.15) is 10.8 Å². The molecular weight excluding hydrogens is 458 g/mol. The molecule has 6 nitrogen and oxygen atoms in total. The Morgan fingerprint density at radius 2 is 2.03 bits per heavy atom. The molecule has 1 fully saturated rings. The van der Waals surface area contributed by atoms with Crippen molar-refractivity contribution in [1.29, 1.82) is 0 Å². The first kappa shape index (κ1) is 22.4. The molecule has 8 heteroatoms. The Morgan fingerprint density at radius 1 is 1.15 bits per heavy atom. The Kier molecular flexibility index (Phi) is 6.42. The maximum absolute atomic E-state index is 13.2. The summed E-state index contributed by atoms with van der Waals surface area (Å²) in [5, 5.41) is 1.78. The van der Waals surface area contributed by atoms with E-state index < -0.39 is 10.0 Å². The minimum absolute atomic E-state index is 0.234. The number of benzene rings is 2. The van der Waals surface area contributed by atoms with E-state index >= 15 is 0 Å². The molecule has 3 heterocycles. The standard InChI is InChI=1S/C25H27NO5S2/c1-18-5-2-3-6-22(18)20-13-21-15-26(33(27,28)24-7-4-12-32-24)9-11-30-25(21)23(14-20)31-17-19-8-10-29-16-19/h2-7,12-14,19H,8-11,15-17H2,1H3. The van der Waals surface area contributed by atoms with Crippen molar-refractivity contribution in [3.05, 3.63) is 65.0 Å². The van der Waals surface area contributed by atoms with E-state index in [0.29, 0.717) is 34.8 Å². The highest BCUT2D eigenvalue weighted by Crippen LogP contribution is 2.40. The fourth-order valence-corrected chi connectivity index (χ4v) is 6.83. The average Bonchev–Trinajstić information content (AvgIpc) is 3.49. The number of aryl methyl sites for hydroxylation is 1. The van der Waals surface area contributed by atoms with Crippen molar-refractivity contribution in [3.8, 4) is 22.6 Å². The smallest absolute Gasteiger partial charge is 0.252 e. The van der Waals surface area contributed by atoms with Crippen LogP contribution in [0, 0.1) is 12.8 Å². The number of hydrogen-bond acceptors (Lipinski definition) is 6. The van der Waals surface area contributed by atoms with Gasteiger partial charge in [-0.15, -0.1) is 11.3 Å². The summed E-state index contributed by atoms with van der Waals surface area (Å²) in [7, 11) is -3.59. The summed E-state index contributed by atoms with van der Waals surface area (Å²) >= 11 is 1.23. The summed E-state index contributed by atoms with van der Waals surface area (Å²) < 4.78 is 46.2. The van der Waals surface area contributed by atoms with Gasteiger partial charge in [-0.25, -0.2) is 8.42 Å². The van der Waals surface area contributed by atoms with E-state index in [1.54, 1.807) is 17.5 Å². The molecule has 1 aromatic heterocycles. The van der Waals surface area contributed by atoms with Crippen LogP contribution in [-0.4, -0.2) is 45.7 Å². The van der Waals surface area contributed by atoms with Crippen LogP contribution in [0.15, 0.2) is 58.1 Å². The molecule has 1 atom stereocenters. The van der Waals surface area contributed by atoms with Crippen molar-refractivity contribution < 1.29 is 22.6 Å². The monoisotopic (exact) mass is 485 g/mol. The lowest BCUT2D eigenvalue weighted by molar-refractivity contribution is 0.165. The number of nitrogens with zero attached hydrogens (tertiary/aromatic N) is 1. The number of fused-ring (bicyclic) bond motifs is 1. The van der Waals surface area contributed by atoms with Crippen molar-refractivity contribution in [3.63, 3.8) is 0 Å². The summed E-state index contributed by atoms with van der Waals surface area (Å²) in [6, 6.07) is 15.6. The second-order valence-electron chi connectivity index (χ2n) is 8.44. The van der Waals surface area contributed by atoms with Gasteiger partial charge in [0.05, 0.1) is 13.2 Å². The summed E-state index contributed by atoms with van der Waals surface area (Å²) in [5.41, 5.74) is 4.03. The third-order valence-electron chi connectivity index (χ3n) is 6.11. The van der Waals surface area contributed by atoms with Gasteiger partial charge in [0.25, 0.3) is 10.0 Å². The Hall–Kier alpha value is -2.39. The van der Waals surface area contributed by atoms with E-state index in [4.69, 9.17) is 14.2 Å². The van der Waals surface area contributed by atoms with Gasteiger partial charge in [-0.1, -0.05) is 30.3 Å². The van der Waals surface area contributed by atoms with Crippen molar-refractivity contribution in [2.45, 2.75) is 24.1 Å². The van der Waals surface area contributed by atoms with Crippen LogP contribution in [0.1, 0.15) is 17.5 Å². The van der Waals surface area contributed by atoms with Crippen LogP contribution in [0.4, 0.5) is 0 Å². The predicted octanol–water partition coefficient (Wildman–Crippen LogP) is 4.72. The number of ether oxygens (including phenoxy) is 3. The van der Waals surface area contributed by atoms with Crippen molar-refractivity contribution in [2.24, 2.45) is 5.92 Å². The van der Waals surface area contributed by atoms with Crippen LogP contribution in [0.3, 0.4) is 0 Å². The Morgan fingerprint density at radius 3 is 2.79 bits per heavy atom. The zero-order valence-corrected chi connectivity index (χ0v) is 20.2. The number of thiophene rings is 1. The first-order valence-electron chi connectivity index (χ1n) is 11.1. The molecular formula is C25H27NO5S2. The van der Waals surface area contributed by atoms with E-state index in [0.717, 1.165) is 35.3 Å². The minimum Gasteiger partial charge on any atom is -0.489 e. The number of rotatable bonds is 6. The van der Waals surface area contributed by atoms with Crippen LogP contribution in [0.2, 0.25) is 0 Å². The van der Waals surface area contributed by atoms with Gasteiger partial charge in [-0.05, 0) is 53.6 Å². The van der Waals surface area contributed by atoms with Crippen LogP contribution in [0.5, 0.6) is 11.5 Å². The minimum atomic E-state index is -3.59. The first-order valence-corrected chi connectivity index (χ1v) is 13.4. The second kappa shape index (κ2) is 9.46. The third kappa shape index (κ3) is 4.66. The molecule has 33 heavy (non-hydrogen) atoms. The van der Waals surface area contributed by atoms with Crippen LogP contribution in [-0.2, 0) is 21.3 Å². The second-order valence-corrected chi connectivity index (χ2v) is 11.5. The van der Waals surface area contributed by atoms with Gasteiger partial charge in [0, 0.05) is 31.2 Å². The SMILES string of the molecule is Cc1ccccc1-c1cc2c(c(OCC3CCOC3)c1)OCCN(S(=O)(=O)c1cccs1)C2. The molecule has 0 radical (unpaired) electrons. The van der Waals surface area contributed by atoms with E-state index in [-0.39, 0.29) is 19.7 Å². The normalized spacial score (nSPS) is 19.0. The quantitative estimate of drug-likeness (QED) is 0.505. The molecule has 0 saturated carbocycles. The Bertz CT molecular complexity index is 1220. The molecule has 5 rings (SSSR count). The molecule has 2 aliphatic heterocycles. The Labute approximate surface area is 198 Å². The molecule has 1 unspecified atom stereocenters. The summed E-state index contributed by atoms with van der Waals surface area (Å²) in [4.78, 5) is 0. The highest BCUT2D eigenvalue weighted by Gasteiger charge is 2.30. The summed E-state index contributed by atoms with van der Waals surface area (Å²) in [6.45, 7) is 4.87. The third-order valence-corrected chi connectivity index (χ3v) is 9.33. The van der Waals surface area contributed by atoms with Crippen molar-refractivity contribution in [2.75, 3.05) is 33.0 Å². The molecule has 3 aromatic rings. The van der Waals surface area contributed by atoms with Crippen molar-refractivity contribution in [1.82, 2.24) is 4.31 Å². The molecule has 2 aromatic carbocycles. The molecule has 0 amide bonds. The van der Waals surface area contributed by atoms with Gasteiger partial charge in [0.2, 0.25) is 0 Å². The maximum Gasteiger partial charge on any atom is 0.252 e. The zero-order valence-electron chi connectivity index (χ0n) is 18.5. The summed E-state index contributed by atoms with van der Waals surface area (Å²) in [6.07, 6.45) is 0.980. The predicted molar refractivity (Wildman–Crippen MR) is 128 cm³/mol. The van der Waals surface area contributed by atoms with E-state index in [1.807, 2.05) is 24.3 Å². The number of hydrogen-bond donors (Lipinski definition) is 0. The molecule has 0 N–H and O–H groups in total. The largest absolute Gasteiger partial charge is 0.489 e. The van der Waals surface area contributed by atoms with Gasteiger partial charge in [-0.3, -0.25) is 0 Å². The van der Waals surface area contributed by atoms with Crippen LogP contribution in [0.25, 0.3) is 11.1 Å². The molecule has 174 valence electrons. The highest BCUT2D eigenvalue weighted by molar-refractivity contribution is 7.91. The van der Waals surface area contributed by atoms with Gasteiger partial charge < -0.3 is 14.2 Å². The van der Waals surface area contributed by atoms with Gasteiger partial charge in [-0.2, -0.15) is 4.31 Å². The van der Waals surface area contributed by atoms with Crippen molar-refractivity contribution >= 4 is 21.4 Å². The molecule has 1 saturated heterocycles. The molecule has 0 spiro atoms. The fourth-order valence-electron chi connectivity index (χ4n) is 4.28. The zero-order chi connectivity index (χ0) is 22.8. The molecule has 2 aliphatic rings. The first-order chi connectivity index (χ1) is 16.0. The lowest BCUT2D eigenvalue weighted by Crippen LogP contribution is -2.32. The highest BCUT2D eigenvalue weighted by atomic mass is 32.2. The van der Waals surface area contributed by atoms with Crippen LogP contribution < -0.4 is 9.47 Å². The summed E-state index contributed by atoms with van der Waals surface area (Å²) in [5.74, 6) is 1.65. The lowest BCUT2D eigenvalue weighted by atomic mass is 9.98. The van der Waals surface area contributed by atoms with Gasteiger partial charge >= 0.3 is 0 Å². The van der Waals surface area contributed by atoms with E-state index in [1.165, 1.54) is 15.6 Å². The molecule has 0 aliphatic carbocycles. The van der Waals surface area contributed by atoms with E-state index in [2.05, 4.69) is 19.1 Å². The maximum atomic E-state index is 13.2. The topological polar surface area (TPSA) is 65.1 Å².